The first-order valence-corrected chi connectivity index (χ1v) is 7.71. The number of rotatable bonds is 2. The zero-order valence-electron chi connectivity index (χ0n) is 11.9. The van der Waals surface area contributed by atoms with E-state index in [-0.39, 0.29) is 6.29 Å². The number of anilines is 2. The quantitative estimate of drug-likeness (QED) is 0.850. The largest absolute Gasteiger partial charge is 0.351 e. The first-order valence-electron chi connectivity index (χ1n) is 7.71. The number of para-hydroxylation sites is 2. The van der Waals surface area contributed by atoms with Gasteiger partial charge in [0.15, 0.2) is 6.29 Å². The minimum Gasteiger partial charge on any atom is -0.351 e. The lowest BCUT2D eigenvalue weighted by Gasteiger charge is -2.35. The molecule has 2 N–H and O–H groups in total. The van der Waals surface area contributed by atoms with Crippen LogP contribution in [0, 0.1) is 0 Å². The van der Waals surface area contributed by atoms with Gasteiger partial charge in [0.1, 0.15) is 0 Å². The molecular formula is C16H25N3. The predicted molar refractivity (Wildman–Crippen MR) is 81.5 cm³/mol. The number of hydrogen-bond acceptors (Lipinski definition) is 3. The van der Waals surface area contributed by atoms with Gasteiger partial charge in [-0.2, -0.15) is 0 Å². The van der Waals surface area contributed by atoms with Gasteiger partial charge in [0.25, 0.3) is 0 Å². The first-order chi connectivity index (χ1) is 9.40. The van der Waals surface area contributed by atoms with Gasteiger partial charge in [-0.3, -0.25) is 5.32 Å². The minimum atomic E-state index is 0.252. The average molecular weight is 259 g/mol. The molecule has 1 heterocycles. The standard InChI is InChI=1S/C16H25N3/c1-17-16-18-14-11-7-8-12-15(14)19(16)13-9-5-3-2-4-6-10-13/h7-8,11-13,16-18H,2-6,9-10H2,1H3. The van der Waals surface area contributed by atoms with Gasteiger partial charge < -0.3 is 10.2 Å². The van der Waals surface area contributed by atoms with Crippen molar-refractivity contribution in [3.05, 3.63) is 24.3 Å². The third-order valence-corrected chi connectivity index (χ3v) is 4.49. The van der Waals surface area contributed by atoms with Crippen LogP contribution in [0.25, 0.3) is 0 Å². The number of hydrogen-bond donors (Lipinski definition) is 2. The van der Waals surface area contributed by atoms with E-state index >= 15 is 0 Å². The van der Waals surface area contributed by atoms with Gasteiger partial charge in [-0.1, -0.05) is 44.2 Å². The molecule has 104 valence electrons. The van der Waals surface area contributed by atoms with Crippen LogP contribution in [0.5, 0.6) is 0 Å². The van der Waals surface area contributed by atoms with Crippen LogP contribution in [0.15, 0.2) is 24.3 Å². The van der Waals surface area contributed by atoms with Gasteiger partial charge in [-0.25, -0.2) is 0 Å². The molecule has 3 heteroatoms. The molecule has 0 radical (unpaired) electrons. The number of nitrogens with zero attached hydrogens (tertiary/aromatic N) is 1. The van der Waals surface area contributed by atoms with Gasteiger partial charge in [0.2, 0.25) is 0 Å². The van der Waals surface area contributed by atoms with Crippen LogP contribution in [0.4, 0.5) is 11.4 Å². The number of fused-ring (bicyclic) bond motifs is 1. The fraction of sp³-hybridized carbons (Fsp3) is 0.625. The molecule has 0 spiro atoms. The SMILES string of the molecule is CNC1Nc2ccccc2N1C1CCCCCCC1. The van der Waals surface area contributed by atoms with E-state index < -0.39 is 0 Å². The summed E-state index contributed by atoms with van der Waals surface area (Å²) >= 11 is 0. The normalized spacial score (nSPS) is 24.5. The number of nitrogens with one attached hydrogen (secondary N) is 2. The van der Waals surface area contributed by atoms with E-state index in [0.717, 1.165) is 0 Å². The maximum Gasteiger partial charge on any atom is 0.155 e. The summed E-state index contributed by atoms with van der Waals surface area (Å²) in [5.41, 5.74) is 2.64. The highest BCUT2D eigenvalue weighted by Gasteiger charge is 2.32. The van der Waals surface area contributed by atoms with E-state index in [9.17, 15) is 0 Å². The first kappa shape index (κ1) is 12.8. The zero-order valence-corrected chi connectivity index (χ0v) is 11.9. The highest BCUT2D eigenvalue weighted by molar-refractivity contribution is 5.76. The van der Waals surface area contributed by atoms with Gasteiger partial charge in [-0.15, -0.1) is 0 Å². The second kappa shape index (κ2) is 5.83. The Morgan fingerprint density at radius 1 is 1.05 bits per heavy atom. The van der Waals surface area contributed by atoms with E-state index in [4.69, 9.17) is 0 Å². The molecule has 0 saturated heterocycles. The Bertz CT molecular complexity index is 410. The highest BCUT2D eigenvalue weighted by Crippen LogP contribution is 2.37. The minimum absolute atomic E-state index is 0.252. The Kier molecular flexibility index (Phi) is 3.92. The summed E-state index contributed by atoms with van der Waals surface area (Å²) < 4.78 is 0. The molecule has 1 aromatic carbocycles. The summed E-state index contributed by atoms with van der Waals surface area (Å²) in [5.74, 6) is 0. The molecule has 0 aromatic heterocycles. The van der Waals surface area contributed by atoms with Crippen LogP contribution in [0.1, 0.15) is 44.9 Å². The fourth-order valence-electron chi connectivity index (χ4n) is 3.51. The summed E-state index contributed by atoms with van der Waals surface area (Å²) in [6.45, 7) is 0. The van der Waals surface area contributed by atoms with Crippen molar-refractivity contribution in [2.24, 2.45) is 0 Å². The van der Waals surface area contributed by atoms with E-state index in [0.29, 0.717) is 6.04 Å². The lowest BCUT2D eigenvalue weighted by atomic mass is 9.95. The van der Waals surface area contributed by atoms with Crippen molar-refractivity contribution in [3.8, 4) is 0 Å². The second-order valence-corrected chi connectivity index (χ2v) is 5.76. The smallest absolute Gasteiger partial charge is 0.155 e. The maximum atomic E-state index is 3.58. The molecule has 2 aliphatic rings. The van der Waals surface area contributed by atoms with Gasteiger partial charge >= 0.3 is 0 Å². The maximum absolute atomic E-state index is 3.58. The summed E-state index contributed by atoms with van der Waals surface area (Å²) in [6.07, 6.45) is 9.90. The zero-order chi connectivity index (χ0) is 13.1. The topological polar surface area (TPSA) is 27.3 Å². The molecule has 19 heavy (non-hydrogen) atoms. The van der Waals surface area contributed by atoms with Crippen molar-refractivity contribution < 1.29 is 0 Å². The van der Waals surface area contributed by atoms with Crippen LogP contribution in [0.2, 0.25) is 0 Å². The van der Waals surface area contributed by atoms with Gasteiger partial charge in [0.05, 0.1) is 11.4 Å². The van der Waals surface area contributed by atoms with Crippen molar-refractivity contribution in [2.45, 2.75) is 57.3 Å². The van der Waals surface area contributed by atoms with E-state index in [1.54, 1.807) is 0 Å². The molecular weight excluding hydrogens is 234 g/mol. The summed E-state index contributed by atoms with van der Waals surface area (Å²) in [7, 11) is 2.04. The van der Waals surface area contributed by atoms with Crippen molar-refractivity contribution in [3.63, 3.8) is 0 Å². The molecule has 0 bridgehead atoms. The summed E-state index contributed by atoms with van der Waals surface area (Å²) in [4.78, 5) is 2.57. The van der Waals surface area contributed by atoms with E-state index in [1.807, 2.05) is 7.05 Å². The lowest BCUT2D eigenvalue weighted by Crippen LogP contribution is -2.50. The molecule has 1 aliphatic heterocycles. The Hall–Kier alpha value is -1.22. The number of benzene rings is 1. The molecule has 1 unspecified atom stereocenters. The second-order valence-electron chi connectivity index (χ2n) is 5.76. The molecule has 1 atom stereocenters. The molecule has 3 nitrogen and oxygen atoms in total. The summed E-state index contributed by atoms with van der Waals surface area (Å²) in [5, 5.41) is 6.99. The average Bonchev–Trinajstić information content (AvgIpc) is 2.77. The molecule has 1 aliphatic carbocycles. The van der Waals surface area contributed by atoms with Crippen LogP contribution in [-0.2, 0) is 0 Å². The summed E-state index contributed by atoms with van der Waals surface area (Å²) in [6, 6.07) is 9.37. The highest BCUT2D eigenvalue weighted by atomic mass is 15.4. The van der Waals surface area contributed by atoms with Crippen molar-refractivity contribution >= 4 is 11.4 Å². The Morgan fingerprint density at radius 3 is 2.47 bits per heavy atom. The van der Waals surface area contributed by atoms with Crippen molar-refractivity contribution in [2.75, 3.05) is 17.3 Å². The van der Waals surface area contributed by atoms with E-state index in [2.05, 4.69) is 39.8 Å². The molecule has 1 aromatic rings. The van der Waals surface area contributed by atoms with E-state index in [1.165, 1.54) is 56.3 Å². The van der Waals surface area contributed by atoms with Crippen LogP contribution >= 0.6 is 0 Å². The fourth-order valence-corrected chi connectivity index (χ4v) is 3.51. The Morgan fingerprint density at radius 2 is 1.74 bits per heavy atom. The van der Waals surface area contributed by atoms with Crippen LogP contribution in [-0.4, -0.2) is 19.4 Å². The third-order valence-electron chi connectivity index (χ3n) is 4.49. The van der Waals surface area contributed by atoms with Gasteiger partial charge in [0, 0.05) is 6.04 Å². The Labute approximate surface area is 116 Å². The molecule has 0 amide bonds. The van der Waals surface area contributed by atoms with Crippen molar-refractivity contribution in [1.82, 2.24) is 5.32 Å². The Balaban J connectivity index is 1.83. The molecule has 1 fully saturated rings. The monoisotopic (exact) mass is 259 g/mol. The molecule has 3 rings (SSSR count). The van der Waals surface area contributed by atoms with Crippen LogP contribution < -0.4 is 15.5 Å². The van der Waals surface area contributed by atoms with Crippen molar-refractivity contribution in [1.29, 1.82) is 0 Å². The predicted octanol–water partition coefficient (Wildman–Crippen LogP) is 3.53. The lowest BCUT2D eigenvalue weighted by molar-refractivity contribution is 0.403. The van der Waals surface area contributed by atoms with Gasteiger partial charge in [-0.05, 0) is 32.0 Å². The van der Waals surface area contributed by atoms with Crippen LogP contribution in [0.3, 0.4) is 0 Å². The molecule has 1 saturated carbocycles. The third kappa shape index (κ3) is 2.57.